The summed E-state index contributed by atoms with van der Waals surface area (Å²) in [7, 11) is 0.615. The predicted octanol–water partition coefficient (Wildman–Crippen LogP) is 3.85. The van der Waals surface area contributed by atoms with Crippen LogP contribution < -0.4 is 28.6 Å². The number of methoxy groups -OCH3 is 3. The van der Waals surface area contributed by atoms with Crippen LogP contribution in [0.25, 0.3) is 0 Å². The molecule has 0 aliphatic carbocycles. The zero-order valence-electron chi connectivity index (χ0n) is 21.3. The highest BCUT2D eigenvalue weighted by Gasteiger charge is 2.38. The van der Waals surface area contributed by atoms with Gasteiger partial charge in [0.15, 0.2) is 6.10 Å². The molecule has 0 saturated carbocycles. The Labute approximate surface area is 217 Å². The monoisotopic (exact) mass is 526 g/mol. The second-order valence-electron chi connectivity index (χ2n) is 8.63. The van der Waals surface area contributed by atoms with E-state index < -0.39 is 28.1 Å². The summed E-state index contributed by atoms with van der Waals surface area (Å²) < 4.78 is 50.5. The molecule has 0 radical (unpaired) electrons. The molecular formula is C27H30N2O7S. The van der Waals surface area contributed by atoms with E-state index in [-0.39, 0.29) is 11.4 Å². The van der Waals surface area contributed by atoms with Crippen LogP contribution in [0.1, 0.15) is 24.1 Å². The van der Waals surface area contributed by atoms with Crippen molar-refractivity contribution in [3.05, 3.63) is 71.8 Å². The van der Waals surface area contributed by atoms with Crippen LogP contribution in [0.15, 0.2) is 65.6 Å². The normalized spacial score (nSPS) is 15.7. The van der Waals surface area contributed by atoms with E-state index >= 15 is 0 Å². The third-order valence-corrected chi connectivity index (χ3v) is 7.98. The fourth-order valence-corrected chi connectivity index (χ4v) is 5.64. The van der Waals surface area contributed by atoms with E-state index in [2.05, 4.69) is 5.32 Å². The number of carbonyl (C=O) groups is 1. The van der Waals surface area contributed by atoms with Crippen LogP contribution in [0, 0.1) is 6.92 Å². The maximum absolute atomic E-state index is 13.7. The number of sulfonamides is 1. The number of aryl methyl sites for hydroxylation is 1. The molecule has 3 aromatic rings. The minimum absolute atomic E-state index is 0.0790. The first-order valence-electron chi connectivity index (χ1n) is 11.6. The van der Waals surface area contributed by atoms with E-state index in [9.17, 15) is 13.2 Å². The van der Waals surface area contributed by atoms with E-state index in [4.69, 9.17) is 18.9 Å². The molecule has 3 aromatic carbocycles. The highest BCUT2D eigenvalue weighted by Crippen LogP contribution is 2.38. The molecule has 37 heavy (non-hydrogen) atoms. The fourth-order valence-electron chi connectivity index (χ4n) is 4.16. The van der Waals surface area contributed by atoms with Gasteiger partial charge in [0.25, 0.3) is 15.9 Å². The van der Waals surface area contributed by atoms with E-state index in [1.54, 1.807) is 62.8 Å². The van der Waals surface area contributed by atoms with Gasteiger partial charge in [-0.05, 0) is 74.0 Å². The predicted molar refractivity (Wildman–Crippen MR) is 139 cm³/mol. The highest BCUT2D eigenvalue weighted by atomic mass is 32.2. The molecule has 196 valence electrons. The van der Waals surface area contributed by atoms with Crippen molar-refractivity contribution in [1.29, 1.82) is 0 Å². The van der Waals surface area contributed by atoms with Gasteiger partial charge in [0.05, 0.1) is 44.5 Å². The molecule has 0 bridgehead atoms. The Balaban J connectivity index is 1.64. The minimum atomic E-state index is -4.00. The molecule has 1 aliphatic rings. The van der Waals surface area contributed by atoms with Gasteiger partial charge in [-0.3, -0.25) is 9.10 Å². The average molecular weight is 527 g/mol. The van der Waals surface area contributed by atoms with Crippen LogP contribution in [0.2, 0.25) is 0 Å². The molecule has 10 heteroatoms. The summed E-state index contributed by atoms with van der Waals surface area (Å²) >= 11 is 0. The van der Waals surface area contributed by atoms with Crippen LogP contribution >= 0.6 is 0 Å². The molecule has 0 spiro atoms. The van der Waals surface area contributed by atoms with Gasteiger partial charge in [0, 0.05) is 5.56 Å². The largest absolute Gasteiger partial charge is 0.497 e. The summed E-state index contributed by atoms with van der Waals surface area (Å²) in [4.78, 5) is 13.5. The maximum Gasteiger partial charge on any atom is 0.264 e. The lowest BCUT2D eigenvalue weighted by Crippen LogP contribution is -2.51. The van der Waals surface area contributed by atoms with Gasteiger partial charge in [-0.25, -0.2) is 8.42 Å². The molecule has 1 heterocycles. The molecule has 1 amide bonds. The number of rotatable bonds is 8. The SMILES string of the molecule is COc1ccc(S(=O)(=O)N2C[C@@H](C(=O)N[C@@H](C)c3cc(OC)ccc3OC)Oc3cc(C)ccc32)cc1. The fraction of sp³-hybridized carbons (Fsp3) is 0.296. The van der Waals surface area contributed by atoms with Crippen molar-refractivity contribution in [2.75, 3.05) is 32.2 Å². The van der Waals surface area contributed by atoms with Gasteiger partial charge in [-0.2, -0.15) is 0 Å². The molecule has 2 atom stereocenters. The van der Waals surface area contributed by atoms with Crippen molar-refractivity contribution >= 4 is 21.6 Å². The number of fused-ring (bicyclic) bond motifs is 1. The second-order valence-corrected chi connectivity index (χ2v) is 10.5. The van der Waals surface area contributed by atoms with Gasteiger partial charge >= 0.3 is 0 Å². The quantitative estimate of drug-likeness (QED) is 0.476. The first kappa shape index (κ1) is 26.2. The number of hydrogen-bond acceptors (Lipinski definition) is 7. The summed E-state index contributed by atoms with van der Waals surface area (Å²) in [5.74, 6) is 1.60. The van der Waals surface area contributed by atoms with Crippen LogP contribution in [0.5, 0.6) is 23.0 Å². The van der Waals surface area contributed by atoms with Crippen molar-refractivity contribution < 1.29 is 32.2 Å². The maximum atomic E-state index is 13.7. The van der Waals surface area contributed by atoms with Gasteiger partial charge in [-0.1, -0.05) is 6.07 Å². The number of carbonyl (C=O) groups excluding carboxylic acids is 1. The Morgan fingerprint density at radius 3 is 2.30 bits per heavy atom. The highest BCUT2D eigenvalue weighted by molar-refractivity contribution is 7.92. The Bertz CT molecular complexity index is 1390. The van der Waals surface area contributed by atoms with Crippen LogP contribution in [-0.4, -0.2) is 48.3 Å². The summed E-state index contributed by atoms with van der Waals surface area (Å²) in [5, 5.41) is 2.93. The molecular weight excluding hydrogens is 496 g/mol. The number of benzene rings is 3. The summed E-state index contributed by atoms with van der Waals surface area (Å²) in [6.45, 7) is 3.48. The summed E-state index contributed by atoms with van der Waals surface area (Å²) in [6.07, 6.45) is -1.08. The molecule has 0 aromatic heterocycles. The van der Waals surface area contributed by atoms with E-state index in [1.165, 1.54) is 23.5 Å². The lowest BCUT2D eigenvalue weighted by molar-refractivity contribution is -0.128. The Morgan fingerprint density at radius 2 is 1.65 bits per heavy atom. The number of anilines is 1. The number of amides is 1. The Hall–Kier alpha value is -3.92. The second kappa shape index (κ2) is 10.6. The van der Waals surface area contributed by atoms with Gasteiger partial charge < -0.3 is 24.3 Å². The Morgan fingerprint density at radius 1 is 0.973 bits per heavy atom. The van der Waals surface area contributed by atoms with Gasteiger partial charge in [0.1, 0.15) is 23.0 Å². The number of ether oxygens (including phenoxy) is 4. The molecule has 0 saturated heterocycles. The van der Waals surface area contributed by atoms with Crippen molar-refractivity contribution in [1.82, 2.24) is 5.32 Å². The molecule has 9 nitrogen and oxygen atoms in total. The van der Waals surface area contributed by atoms with Gasteiger partial charge in [-0.15, -0.1) is 0 Å². The zero-order valence-corrected chi connectivity index (χ0v) is 22.2. The van der Waals surface area contributed by atoms with Crippen LogP contribution in [0.3, 0.4) is 0 Å². The standard InChI is InChI=1S/C27H30N2O7S/c1-17-6-12-23-25(14-17)36-26(16-29(23)37(31,32)21-10-7-19(33-3)8-11-21)27(30)28-18(2)22-15-20(34-4)9-13-24(22)35-5/h6-15,18,26H,16H2,1-5H3,(H,28,30)/t18-,26-/m0/s1. The number of hydrogen-bond donors (Lipinski definition) is 1. The third kappa shape index (κ3) is 5.29. The topological polar surface area (TPSA) is 103 Å². The summed E-state index contributed by atoms with van der Waals surface area (Å²) in [5.41, 5.74) is 1.95. The van der Waals surface area contributed by atoms with Crippen molar-refractivity contribution in [3.8, 4) is 23.0 Å². The Kier molecular flexibility index (Phi) is 7.49. The summed E-state index contributed by atoms with van der Waals surface area (Å²) in [6, 6.07) is 16.2. The lowest BCUT2D eigenvalue weighted by Gasteiger charge is -2.35. The number of nitrogens with zero attached hydrogens (tertiary/aromatic N) is 1. The van der Waals surface area contributed by atoms with E-state index in [1.807, 2.05) is 13.8 Å². The first-order valence-corrected chi connectivity index (χ1v) is 13.1. The lowest BCUT2D eigenvalue weighted by atomic mass is 10.1. The molecule has 1 aliphatic heterocycles. The zero-order chi connectivity index (χ0) is 26.7. The molecule has 1 N–H and O–H groups in total. The first-order chi connectivity index (χ1) is 17.7. The van der Waals surface area contributed by atoms with E-state index in [0.717, 1.165) is 5.56 Å². The van der Waals surface area contributed by atoms with Gasteiger partial charge in [0.2, 0.25) is 0 Å². The number of nitrogens with one attached hydrogen (secondary N) is 1. The van der Waals surface area contributed by atoms with Crippen LogP contribution in [0.4, 0.5) is 5.69 Å². The molecule has 4 rings (SSSR count). The van der Waals surface area contributed by atoms with Crippen molar-refractivity contribution in [2.24, 2.45) is 0 Å². The van der Waals surface area contributed by atoms with Crippen molar-refractivity contribution in [2.45, 2.75) is 30.9 Å². The smallest absolute Gasteiger partial charge is 0.264 e. The third-order valence-electron chi connectivity index (χ3n) is 6.19. The van der Waals surface area contributed by atoms with Crippen molar-refractivity contribution in [3.63, 3.8) is 0 Å². The molecule has 0 unspecified atom stereocenters. The minimum Gasteiger partial charge on any atom is -0.497 e. The van der Waals surface area contributed by atoms with Crippen LogP contribution in [-0.2, 0) is 14.8 Å². The molecule has 0 fully saturated rings. The average Bonchev–Trinajstić information content (AvgIpc) is 2.91. The van der Waals surface area contributed by atoms with E-state index in [0.29, 0.717) is 34.2 Å².